The second kappa shape index (κ2) is 15.5. The Hall–Kier alpha value is -7.96. The molecule has 2 aliphatic heterocycles. The van der Waals surface area contributed by atoms with Gasteiger partial charge < -0.3 is 14.5 Å². The number of hydrogen-bond acceptors (Lipinski definition) is 6. The molecular formula is C57H45N5O. The molecule has 6 heteroatoms. The first-order chi connectivity index (χ1) is 35.0. The second-order valence-electron chi connectivity index (χ2n) is 16.4. The summed E-state index contributed by atoms with van der Waals surface area (Å²) in [6.45, 7) is 6.65. The van der Waals surface area contributed by atoms with E-state index in [1.54, 1.807) is 24.4 Å². The predicted octanol–water partition coefficient (Wildman–Crippen LogP) is 15.3. The van der Waals surface area contributed by atoms with Gasteiger partial charge in [0.15, 0.2) is 0 Å². The van der Waals surface area contributed by atoms with Crippen LogP contribution in [0.15, 0.2) is 206 Å². The van der Waals surface area contributed by atoms with Crippen molar-refractivity contribution in [3.63, 3.8) is 0 Å². The van der Waals surface area contributed by atoms with Crippen molar-refractivity contribution in [2.24, 2.45) is 0 Å². The summed E-state index contributed by atoms with van der Waals surface area (Å²) in [7, 11) is 0. The third-order valence-corrected chi connectivity index (χ3v) is 11.6. The Bertz CT molecular complexity index is 3600. The van der Waals surface area contributed by atoms with Crippen molar-refractivity contribution in [3.8, 4) is 56.0 Å². The van der Waals surface area contributed by atoms with Crippen LogP contribution in [0.25, 0.3) is 44.5 Å². The molecule has 0 aliphatic carbocycles. The first-order valence-corrected chi connectivity index (χ1v) is 20.7. The largest absolute Gasteiger partial charge is 0.457 e. The van der Waals surface area contributed by atoms with E-state index < -0.39 is 60.4 Å². The fraction of sp³-hybridized carbons (Fsp3) is 0.0877. The Morgan fingerprint density at radius 3 is 1.87 bits per heavy atom. The molecule has 4 heterocycles. The lowest BCUT2D eigenvalue weighted by Crippen LogP contribution is -2.24. The molecular weight excluding hydrogens is 771 g/mol. The lowest BCUT2D eigenvalue weighted by atomic mass is 9.87. The molecule has 0 N–H and O–H groups in total. The highest BCUT2D eigenvalue weighted by atomic mass is 16.5. The second-order valence-corrected chi connectivity index (χ2v) is 16.4. The summed E-state index contributed by atoms with van der Waals surface area (Å²) in [6.07, 6.45) is 5.54. The van der Waals surface area contributed by atoms with Crippen molar-refractivity contribution in [3.05, 3.63) is 212 Å². The average Bonchev–Trinajstić information content (AvgIpc) is 3.73. The number of ether oxygens (including phenoxy) is 1. The quantitative estimate of drug-likeness (QED) is 0.159. The fourth-order valence-corrected chi connectivity index (χ4v) is 8.60. The van der Waals surface area contributed by atoms with Gasteiger partial charge in [-0.2, -0.15) is 0 Å². The molecule has 0 saturated heterocycles. The van der Waals surface area contributed by atoms with E-state index in [1.807, 2.05) is 107 Å². The smallest absolute Gasteiger partial charge is 0.137 e. The number of benzene rings is 7. The van der Waals surface area contributed by atoms with E-state index in [4.69, 9.17) is 23.4 Å². The zero-order valence-corrected chi connectivity index (χ0v) is 34.7. The Labute approximate surface area is 383 Å². The number of aromatic nitrogens is 2. The number of fused-ring (bicyclic) bond motifs is 6. The molecule has 0 saturated carbocycles. The van der Waals surface area contributed by atoms with Crippen LogP contribution in [0.3, 0.4) is 0 Å². The van der Waals surface area contributed by atoms with Gasteiger partial charge in [0.1, 0.15) is 24.0 Å². The van der Waals surface area contributed by atoms with Gasteiger partial charge in [-0.25, -0.2) is 4.98 Å². The average molecular weight is 826 g/mol. The molecule has 2 aromatic heterocycles. The normalized spacial score (nSPS) is 15.1. The molecule has 7 aromatic carbocycles. The lowest BCUT2D eigenvalue weighted by molar-refractivity contribution is 0.483. The maximum Gasteiger partial charge on any atom is 0.137 e. The molecule has 6 nitrogen and oxygen atoms in total. The van der Waals surface area contributed by atoms with Crippen molar-refractivity contribution in [2.75, 3.05) is 21.4 Å². The van der Waals surface area contributed by atoms with Crippen LogP contribution in [-0.2, 0) is 5.41 Å². The van der Waals surface area contributed by atoms with E-state index >= 15 is 0 Å². The van der Waals surface area contributed by atoms with Crippen molar-refractivity contribution in [2.45, 2.75) is 26.2 Å². The van der Waals surface area contributed by atoms with E-state index in [-0.39, 0.29) is 40.0 Å². The van der Waals surface area contributed by atoms with Gasteiger partial charge in [0, 0.05) is 58.7 Å². The summed E-state index contributed by atoms with van der Waals surface area (Å²) in [4.78, 5) is 15.6. The molecule has 11 rings (SSSR count). The third kappa shape index (κ3) is 6.86. The Morgan fingerprint density at radius 2 is 1.16 bits per heavy atom. The van der Waals surface area contributed by atoms with Crippen LogP contribution in [0.2, 0.25) is 0 Å². The van der Waals surface area contributed by atoms with E-state index in [0.29, 0.717) is 17.2 Å². The van der Waals surface area contributed by atoms with E-state index in [2.05, 4.69) is 54.9 Å². The van der Waals surface area contributed by atoms with E-state index in [1.165, 1.54) is 0 Å². The number of hydrogen-bond donors (Lipinski definition) is 0. The van der Waals surface area contributed by atoms with E-state index in [9.17, 15) is 0 Å². The minimum atomic E-state index is -0.554. The number of para-hydroxylation sites is 3. The molecule has 0 atom stereocenters. The zero-order valence-electron chi connectivity index (χ0n) is 44.7. The van der Waals surface area contributed by atoms with Crippen LogP contribution >= 0.6 is 0 Å². The molecule has 0 bridgehead atoms. The zero-order chi connectivity index (χ0) is 51.2. The van der Waals surface area contributed by atoms with E-state index in [0.717, 1.165) is 56.4 Å². The highest BCUT2D eigenvalue weighted by Gasteiger charge is 2.32. The highest BCUT2D eigenvalue weighted by molar-refractivity contribution is 6.02. The van der Waals surface area contributed by atoms with Gasteiger partial charge in [-0.1, -0.05) is 142 Å². The molecule has 0 fully saturated rings. The van der Waals surface area contributed by atoms with Gasteiger partial charge in [-0.15, -0.1) is 0 Å². The van der Waals surface area contributed by atoms with Crippen LogP contribution < -0.4 is 19.4 Å². The summed E-state index contributed by atoms with van der Waals surface area (Å²) in [5.41, 5.74) is 9.46. The maximum atomic E-state index is 9.06. The number of pyridine rings is 2. The van der Waals surface area contributed by atoms with Crippen LogP contribution in [-0.4, -0.2) is 16.6 Å². The Balaban J connectivity index is 1.03. The Morgan fingerprint density at radius 1 is 0.524 bits per heavy atom. The van der Waals surface area contributed by atoms with Gasteiger partial charge in [-0.3, -0.25) is 9.88 Å². The van der Waals surface area contributed by atoms with Gasteiger partial charge in [0.25, 0.3) is 0 Å². The Kier molecular flexibility index (Phi) is 7.02. The monoisotopic (exact) mass is 825 g/mol. The van der Waals surface area contributed by atoms with Crippen molar-refractivity contribution < 1.29 is 18.4 Å². The number of rotatable bonds is 7. The van der Waals surface area contributed by atoms with Gasteiger partial charge >= 0.3 is 0 Å². The third-order valence-electron chi connectivity index (χ3n) is 11.6. The summed E-state index contributed by atoms with van der Waals surface area (Å²) >= 11 is 0. The minimum Gasteiger partial charge on any atom is -0.457 e. The molecule has 0 amide bonds. The molecule has 0 unspecified atom stereocenters. The highest BCUT2D eigenvalue weighted by Crippen LogP contribution is 2.53. The van der Waals surface area contributed by atoms with Crippen LogP contribution in [0, 0.1) is 0 Å². The molecule has 304 valence electrons. The van der Waals surface area contributed by atoms with Crippen LogP contribution in [0.1, 0.15) is 40.0 Å². The van der Waals surface area contributed by atoms with Crippen LogP contribution in [0.4, 0.5) is 39.9 Å². The van der Waals surface area contributed by atoms with Gasteiger partial charge in [0.2, 0.25) is 0 Å². The molecule has 2 aliphatic rings. The standard InChI is InChI=1S/C57H45N5O/c1-57(2,3)41-30-33-59-55(34-41)62-51-31-32-58-37-50(51)48-23-11-10-22-47(48)49-29-28-44(36-54(49)62)63-43-21-14-20-42(35-43)60-38-61(53-27-13-12-26-52(53)60)56-45(39-16-6-4-7-17-39)24-15-25-46(56)40-18-8-5-9-19-40/h4-37H,38H2,1-3H3/i4D,5D,6D,7D,8D,9D,16D,17D,18D,19D. The first kappa shape index (κ1) is 28.5. The summed E-state index contributed by atoms with van der Waals surface area (Å²) in [5.74, 6) is 1.85. The maximum absolute atomic E-state index is 9.06. The fourth-order valence-electron chi connectivity index (χ4n) is 8.60. The number of anilines is 7. The summed E-state index contributed by atoms with van der Waals surface area (Å²) in [6, 6.07) is 35.6. The molecule has 63 heavy (non-hydrogen) atoms. The van der Waals surface area contributed by atoms with Crippen molar-refractivity contribution in [1.82, 2.24) is 9.97 Å². The summed E-state index contributed by atoms with van der Waals surface area (Å²) < 4.78 is 94.2. The number of nitrogens with zero attached hydrogens (tertiary/aromatic N) is 5. The van der Waals surface area contributed by atoms with Gasteiger partial charge in [0.05, 0.1) is 42.1 Å². The van der Waals surface area contributed by atoms with Gasteiger partial charge in [-0.05, 0) is 87.8 Å². The van der Waals surface area contributed by atoms with Crippen molar-refractivity contribution >= 4 is 39.9 Å². The molecule has 9 aromatic rings. The lowest BCUT2D eigenvalue weighted by Gasteiger charge is -2.28. The van der Waals surface area contributed by atoms with Crippen molar-refractivity contribution in [1.29, 1.82) is 0 Å². The molecule has 0 radical (unpaired) electrons. The topological polar surface area (TPSA) is 44.7 Å². The minimum absolute atomic E-state index is 0.0952. The predicted molar refractivity (Wildman–Crippen MR) is 259 cm³/mol. The first-order valence-electron chi connectivity index (χ1n) is 25.7. The molecule has 0 spiro atoms. The van der Waals surface area contributed by atoms with Crippen LogP contribution in [0.5, 0.6) is 11.5 Å². The summed E-state index contributed by atoms with van der Waals surface area (Å²) in [5, 5.41) is 0. The SMILES string of the molecule is [2H]c1c([2H])c([2H])c(-c2cccc(-c3c([2H])c([2H])c([2H])c([2H])c3[2H])c2N2CN(c3cccc(Oc4ccc5c(c4)N(c4cc(C(C)(C)C)ccn4)c4ccncc4-c4ccccc4-5)c3)c3ccccc32)c([2H])c1[2H].